The van der Waals surface area contributed by atoms with E-state index in [1.165, 1.54) is 24.3 Å². The average molecular weight is 321 g/mol. The van der Waals surface area contributed by atoms with Gasteiger partial charge < -0.3 is 5.32 Å². The largest absolute Gasteiger partial charge is 0.352 e. The summed E-state index contributed by atoms with van der Waals surface area (Å²) in [6.45, 7) is 0.327. The van der Waals surface area contributed by atoms with Gasteiger partial charge in [0.2, 0.25) is 5.91 Å². The predicted molar refractivity (Wildman–Crippen MR) is 80.8 cm³/mol. The van der Waals surface area contributed by atoms with Crippen LogP contribution in [0.5, 0.6) is 0 Å². The fourth-order valence-electron chi connectivity index (χ4n) is 2.94. The van der Waals surface area contributed by atoms with Crippen LogP contribution in [0.4, 0.5) is 5.69 Å². The highest BCUT2D eigenvalue weighted by Gasteiger charge is 2.31. The summed E-state index contributed by atoms with van der Waals surface area (Å²) in [6.07, 6.45) is 3.39. The second kappa shape index (κ2) is 7.68. The van der Waals surface area contributed by atoms with Crippen molar-refractivity contribution in [1.29, 1.82) is 0 Å². The molecule has 2 rings (SSSR count). The zero-order valence-electron chi connectivity index (χ0n) is 12.5. The van der Waals surface area contributed by atoms with Gasteiger partial charge in [0.1, 0.15) is 0 Å². The van der Waals surface area contributed by atoms with Gasteiger partial charge in [-0.1, -0.05) is 12.8 Å². The van der Waals surface area contributed by atoms with E-state index in [9.17, 15) is 19.7 Å². The Bertz CT molecular complexity index is 587. The van der Waals surface area contributed by atoms with Gasteiger partial charge in [0.15, 0.2) is 0 Å². The van der Waals surface area contributed by atoms with E-state index >= 15 is 0 Å². The lowest BCUT2D eigenvalue weighted by Gasteiger charge is -2.29. The third-order valence-electron chi connectivity index (χ3n) is 4.22. The molecule has 2 amide bonds. The molecule has 1 aliphatic carbocycles. The molecule has 2 atom stereocenters. The number of nitro groups is 1. The highest BCUT2D eigenvalue weighted by Crippen LogP contribution is 2.29. The molecule has 1 saturated carbocycles. The highest BCUT2D eigenvalue weighted by molar-refractivity contribution is 5.94. The molecule has 1 aromatic rings. The Kier molecular flexibility index (Phi) is 5.64. The maximum absolute atomic E-state index is 12.1. The van der Waals surface area contributed by atoms with E-state index in [-0.39, 0.29) is 23.4 Å². The van der Waals surface area contributed by atoms with Crippen LogP contribution in [0.3, 0.4) is 0 Å². The Hall–Kier alpha value is -2.48. The lowest BCUT2D eigenvalue weighted by atomic mass is 9.78. The van der Waals surface area contributed by atoms with Crippen LogP contribution in [0, 0.1) is 22.0 Å². The van der Waals surface area contributed by atoms with E-state index in [0.717, 1.165) is 19.3 Å². The fourth-order valence-corrected chi connectivity index (χ4v) is 2.94. The number of rotatable bonds is 5. The average Bonchev–Trinajstić information content (AvgIpc) is 2.59. The van der Waals surface area contributed by atoms with Crippen LogP contribution in [0.15, 0.2) is 24.3 Å². The van der Waals surface area contributed by atoms with Crippen LogP contribution in [0.1, 0.15) is 36.0 Å². The highest BCUT2D eigenvalue weighted by atomic mass is 16.6. The summed E-state index contributed by atoms with van der Waals surface area (Å²) >= 11 is 0. The Morgan fingerprint density at radius 3 is 2.48 bits per heavy atom. The van der Waals surface area contributed by atoms with Crippen molar-refractivity contribution in [3.63, 3.8) is 0 Å². The molecule has 1 aliphatic rings. The minimum atomic E-state index is -0.526. The number of non-ortho nitro benzene ring substituents is 1. The van der Waals surface area contributed by atoms with Crippen LogP contribution < -0.4 is 10.8 Å². The van der Waals surface area contributed by atoms with E-state index in [1.807, 2.05) is 0 Å². The summed E-state index contributed by atoms with van der Waals surface area (Å²) in [5.41, 5.74) is 1.94. The Morgan fingerprint density at radius 1 is 1.22 bits per heavy atom. The number of hydrogen-bond donors (Lipinski definition) is 3. The topological polar surface area (TPSA) is 122 Å². The van der Waals surface area contributed by atoms with Gasteiger partial charge >= 0.3 is 0 Å². The lowest BCUT2D eigenvalue weighted by molar-refractivity contribution is -0.384. The molecular weight excluding hydrogens is 302 g/mol. The first kappa shape index (κ1) is 16.9. The number of carbonyl (C=O) groups excluding carboxylic acids is 2. The first-order valence-electron chi connectivity index (χ1n) is 7.49. The van der Waals surface area contributed by atoms with Crippen molar-refractivity contribution >= 4 is 17.5 Å². The number of hydroxylamine groups is 1. The Morgan fingerprint density at radius 2 is 1.87 bits per heavy atom. The summed E-state index contributed by atoms with van der Waals surface area (Å²) in [7, 11) is 0. The summed E-state index contributed by atoms with van der Waals surface area (Å²) in [5.74, 6) is -1.10. The number of nitrogens with zero attached hydrogens (tertiary/aromatic N) is 1. The van der Waals surface area contributed by atoms with Crippen LogP contribution in [-0.2, 0) is 4.79 Å². The number of nitro benzene ring substituents is 1. The minimum absolute atomic E-state index is 0.0297. The quantitative estimate of drug-likeness (QED) is 0.432. The maximum atomic E-state index is 12.1. The standard InChI is InChI=1S/C15H19N3O5/c19-14(10-5-7-12(8-6-10)18(22)23)16-9-11-3-1-2-4-13(11)15(20)17-21/h5-8,11,13,21H,1-4,9H2,(H,16,19)(H,17,20). The fraction of sp³-hybridized carbons (Fsp3) is 0.467. The van der Waals surface area contributed by atoms with Crippen molar-refractivity contribution in [3.8, 4) is 0 Å². The zero-order chi connectivity index (χ0) is 16.8. The van der Waals surface area contributed by atoms with E-state index < -0.39 is 10.8 Å². The minimum Gasteiger partial charge on any atom is -0.352 e. The van der Waals surface area contributed by atoms with Gasteiger partial charge in [0.25, 0.3) is 11.6 Å². The molecule has 0 heterocycles. The second-order valence-electron chi connectivity index (χ2n) is 5.64. The van der Waals surface area contributed by atoms with Crippen molar-refractivity contribution in [3.05, 3.63) is 39.9 Å². The van der Waals surface area contributed by atoms with E-state index in [4.69, 9.17) is 5.21 Å². The molecule has 0 spiro atoms. The Balaban J connectivity index is 1.94. The van der Waals surface area contributed by atoms with Gasteiger partial charge in [-0.3, -0.25) is 24.9 Å². The number of amides is 2. The molecule has 1 fully saturated rings. The Labute approximate surface area is 133 Å². The van der Waals surface area contributed by atoms with E-state index in [0.29, 0.717) is 18.5 Å². The van der Waals surface area contributed by atoms with Gasteiger partial charge in [-0.05, 0) is 30.9 Å². The number of carbonyl (C=O) groups is 2. The van der Waals surface area contributed by atoms with Crippen molar-refractivity contribution in [2.75, 3.05) is 6.54 Å². The second-order valence-corrected chi connectivity index (χ2v) is 5.64. The van der Waals surface area contributed by atoms with Gasteiger partial charge in [0, 0.05) is 30.2 Å². The summed E-state index contributed by atoms with van der Waals surface area (Å²) in [6, 6.07) is 5.34. The number of nitrogens with one attached hydrogen (secondary N) is 2. The van der Waals surface area contributed by atoms with Gasteiger partial charge in [-0.15, -0.1) is 0 Å². The molecule has 0 saturated heterocycles. The molecule has 0 bridgehead atoms. The lowest BCUT2D eigenvalue weighted by Crippen LogP contribution is -2.40. The van der Waals surface area contributed by atoms with Gasteiger partial charge in [-0.2, -0.15) is 0 Å². The molecule has 124 valence electrons. The molecular formula is C15H19N3O5. The van der Waals surface area contributed by atoms with E-state index in [1.54, 1.807) is 5.48 Å². The molecule has 1 aromatic carbocycles. The van der Waals surface area contributed by atoms with Crippen LogP contribution in [0.25, 0.3) is 0 Å². The normalized spacial score (nSPS) is 20.6. The van der Waals surface area contributed by atoms with Gasteiger partial charge in [-0.25, -0.2) is 5.48 Å². The van der Waals surface area contributed by atoms with E-state index in [2.05, 4.69) is 5.32 Å². The zero-order valence-corrected chi connectivity index (χ0v) is 12.5. The molecule has 8 heteroatoms. The van der Waals surface area contributed by atoms with Crippen LogP contribution >= 0.6 is 0 Å². The summed E-state index contributed by atoms with van der Waals surface area (Å²) in [4.78, 5) is 33.8. The van der Waals surface area contributed by atoms with Gasteiger partial charge in [0.05, 0.1) is 4.92 Å². The van der Waals surface area contributed by atoms with Crippen LogP contribution in [-0.4, -0.2) is 28.5 Å². The van der Waals surface area contributed by atoms with Crippen molar-refractivity contribution in [2.45, 2.75) is 25.7 Å². The maximum Gasteiger partial charge on any atom is 0.269 e. The molecule has 0 radical (unpaired) electrons. The molecule has 3 N–H and O–H groups in total. The molecule has 23 heavy (non-hydrogen) atoms. The molecule has 0 aromatic heterocycles. The number of hydrogen-bond acceptors (Lipinski definition) is 5. The molecule has 8 nitrogen and oxygen atoms in total. The summed E-state index contributed by atoms with van der Waals surface area (Å²) < 4.78 is 0. The summed E-state index contributed by atoms with van der Waals surface area (Å²) in [5, 5.41) is 22.1. The van der Waals surface area contributed by atoms with Crippen molar-refractivity contribution < 1.29 is 19.7 Å². The molecule has 2 unspecified atom stereocenters. The first-order valence-corrected chi connectivity index (χ1v) is 7.49. The van der Waals surface area contributed by atoms with Crippen LogP contribution in [0.2, 0.25) is 0 Å². The first-order chi connectivity index (χ1) is 11.0. The number of benzene rings is 1. The third kappa shape index (κ3) is 4.26. The third-order valence-corrected chi connectivity index (χ3v) is 4.22. The van der Waals surface area contributed by atoms with Crippen molar-refractivity contribution in [1.82, 2.24) is 10.8 Å². The predicted octanol–water partition coefficient (Wildman–Crippen LogP) is 1.64. The SMILES string of the molecule is O=C(NCC1CCCCC1C(=O)NO)c1ccc([N+](=O)[O-])cc1. The monoisotopic (exact) mass is 321 g/mol. The van der Waals surface area contributed by atoms with Crippen molar-refractivity contribution in [2.24, 2.45) is 11.8 Å². The smallest absolute Gasteiger partial charge is 0.269 e. The molecule has 0 aliphatic heterocycles.